The highest BCUT2D eigenvalue weighted by Crippen LogP contribution is 2.41. The van der Waals surface area contributed by atoms with Gasteiger partial charge in [-0.3, -0.25) is 0 Å². The third-order valence-corrected chi connectivity index (χ3v) is 29.1. The number of benzene rings is 12. The third kappa shape index (κ3) is 23.8. The van der Waals surface area contributed by atoms with Gasteiger partial charge in [-0.05, 0) is 362 Å². The lowest BCUT2D eigenvalue weighted by Gasteiger charge is -2.14. The van der Waals surface area contributed by atoms with Gasteiger partial charge in [-0.25, -0.2) is 27.4 Å². The van der Waals surface area contributed by atoms with Gasteiger partial charge in [0.15, 0.2) is 37.2 Å². The highest BCUT2D eigenvalue weighted by Gasteiger charge is 2.28. The van der Waals surface area contributed by atoms with Crippen LogP contribution >= 0.6 is 0 Å². The molecule has 0 radical (unpaired) electrons. The molecule has 0 fully saturated rings. The van der Waals surface area contributed by atoms with Gasteiger partial charge in [0.25, 0.3) is 0 Å². The summed E-state index contributed by atoms with van der Waals surface area (Å²) in [7, 11) is 12.9. The summed E-state index contributed by atoms with van der Waals surface area (Å²) in [6.07, 6.45) is 17.0. The Hall–Kier alpha value is -12.9. The van der Waals surface area contributed by atoms with Gasteiger partial charge in [-0.1, -0.05) is 251 Å². The van der Waals surface area contributed by atoms with E-state index < -0.39 is 0 Å². The number of hydrogen-bond donors (Lipinski definition) is 0. The average Bonchev–Trinajstić information content (AvgIpc) is 0.794. The second kappa shape index (κ2) is 44.9. The number of aromatic nitrogens is 6. The zero-order valence-electron chi connectivity index (χ0n) is 92.5. The van der Waals surface area contributed by atoms with Crippen molar-refractivity contribution in [3.05, 3.63) is 389 Å². The van der Waals surface area contributed by atoms with Crippen LogP contribution in [0, 0.1) is 142 Å². The van der Waals surface area contributed by atoms with E-state index in [-0.39, 0.29) is 0 Å². The Balaban J connectivity index is 0.000000142. The lowest BCUT2D eigenvalue weighted by Crippen LogP contribution is -2.31. The second-order valence-electron chi connectivity index (χ2n) is 43.7. The molecule has 6 heterocycles. The molecule has 141 heavy (non-hydrogen) atoms. The van der Waals surface area contributed by atoms with Crippen LogP contribution in [0.5, 0.6) is 0 Å². The highest BCUT2D eigenvalue weighted by atomic mass is 15.0. The third-order valence-electron chi connectivity index (χ3n) is 29.1. The van der Waals surface area contributed by atoms with Crippen LogP contribution in [0.1, 0.15) is 234 Å². The molecule has 0 N–H and O–H groups in total. The Morgan fingerprint density at radius 2 is 0.397 bits per heavy atom. The van der Waals surface area contributed by atoms with Crippen LogP contribution in [0.4, 0.5) is 0 Å². The highest BCUT2D eigenvalue weighted by molar-refractivity contribution is 6.01. The molecule has 726 valence electrons. The normalized spacial score (nSPS) is 11.4. The summed E-state index contributed by atoms with van der Waals surface area (Å²) in [5.41, 5.74) is 48.4. The van der Waals surface area contributed by atoms with Gasteiger partial charge in [0.05, 0.1) is 43.4 Å². The largest absolute Gasteiger partial charge is 0.220 e. The summed E-state index contributed by atoms with van der Waals surface area (Å²) in [6, 6.07) is 81.8. The molecular weight excluding hydrogens is 1710 g/mol. The fourth-order valence-electron chi connectivity index (χ4n) is 21.5. The summed E-state index contributed by atoms with van der Waals surface area (Å²) in [5.74, 6) is 3.70. The first-order chi connectivity index (χ1) is 66.8. The smallest absolute Gasteiger partial charge is 0.200 e. The fourth-order valence-corrected chi connectivity index (χ4v) is 21.5. The zero-order valence-corrected chi connectivity index (χ0v) is 92.5. The lowest BCUT2D eigenvalue weighted by molar-refractivity contribution is -0.659. The van der Waals surface area contributed by atoms with Gasteiger partial charge in [-0.2, -0.15) is 0 Å². The van der Waals surface area contributed by atoms with Gasteiger partial charge in [-0.15, -0.1) is 0 Å². The molecule has 0 aliphatic heterocycles. The Bertz CT molecular complexity index is 7730. The molecule has 0 spiro atoms. The Labute approximate surface area is 847 Å². The summed E-state index contributed by atoms with van der Waals surface area (Å²) >= 11 is 0. The summed E-state index contributed by atoms with van der Waals surface area (Å²) in [4.78, 5) is 0. The molecule has 0 aliphatic rings. The maximum absolute atomic E-state index is 2.39. The monoisotopic (exact) mass is 1870 g/mol. The molecule has 18 aromatic rings. The molecule has 0 saturated heterocycles. The Morgan fingerprint density at radius 3 is 0.645 bits per heavy atom. The van der Waals surface area contributed by atoms with E-state index in [4.69, 9.17) is 0 Å². The van der Waals surface area contributed by atoms with E-state index in [9.17, 15) is 0 Å². The van der Waals surface area contributed by atoms with Gasteiger partial charge in [0.1, 0.15) is 42.3 Å². The minimum Gasteiger partial charge on any atom is -0.200 e. The fraction of sp³-hybridized carbons (Fsp3) is 0.333. The van der Waals surface area contributed by atoms with Gasteiger partial charge < -0.3 is 0 Å². The molecule has 0 bridgehead atoms. The van der Waals surface area contributed by atoms with E-state index in [2.05, 4.69) is 533 Å². The van der Waals surface area contributed by atoms with E-state index in [1.54, 1.807) is 0 Å². The van der Waals surface area contributed by atoms with E-state index in [1.807, 2.05) is 0 Å². The first kappa shape index (κ1) is 105. The van der Waals surface area contributed by atoms with Gasteiger partial charge in [0.2, 0.25) is 34.2 Å². The molecule has 6 nitrogen and oxygen atoms in total. The van der Waals surface area contributed by atoms with Gasteiger partial charge >= 0.3 is 0 Å². The molecule has 6 aromatic heterocycles. The SMILES string of the molecule is Cc1cc(C)c(C)c(-c2c3ccc(C(C)C)cc3c(C)c[n+]2C)c1.Cc1cc(C)c(C)c(-c2c3ccc(CC(C)C)cc3c(C)c[n+]2C)c1.Cc1ccc(C)c(-c2c3ccc(C(C)C)cc3c(C)c[n+]2C)c1.Cc1ccc(C)c(-c2c3ccc(CC(C)C)cc3c(C)c[n+]2C)c1.Cc1ccccc1-c1c2ccc(C(C)C)cc2c(C)c[n+]1C.Cc1ccccc1-c1c2ccc(CC(C)C)cc2c(C)c[n+]1C. The first-order valence-corrected chi connectivity index (χ1v) is 51.8. The molecule has 0 aliphatic carbocycles. The van der Waals surface area contributed by atoms with Gasteiger partial charge in [0, 0.05) is 55.6 Å². The summed E-state index contributed by atoms with van der Waals surface area (Å²) in [6.45, 7) is 66.9. The van der Waals surface area contributed by atoms with E-state index in [0.29, 0.717) is 35.5 Å². The van der Waals surface area contributed by atoms with Crippen LogP contribution in [0.2, 0.25) is 0 Å². The quantitative estimate of drug-likeness (QED) is 0.0914. The van der Waals surface area contributed by atoms with Crippen LogP contribution < -0.4 is 27.4 Å². The maximum atomic E-state index is 2.39. The predicted octanol–water partition coefficient (Wildman–Crippen LogP) is 32.5. The molecule has 0 atom stereocenters. The van der Waals surface area contributed by atoms with Crippen LogP contribution in [-0.2, 0) is 61.5 Å². The number of nitrogens with zero attached hydrogens (tertiary/aromatic N) is 6. The number of hydrogen-bond acceptors (Lipinski definition) is 0. The zero-order chi connectivity index (χ0) is 102. The van der Waals surface area contributed by atoms with E-state index >= 15 is 0 Å². The second-order valence-corrected chi connectivity index (χ2v) is 43.7. The van der Waals surface area contributed by atoms with Crippen LogP contribution in [0.15, 0.2) is 256 Å². The van der Waals surface area contributed by atoms with E-state index in [0.717, 1.165) is 19.3 Å². The Morgan fingerprint density at radius 1 is 0.177 bits per heavy atom. The molecule has 12 aromatic carbocycles. The molecular formula is C135H162N6+6. The van der Waals surface area contributed by atoms with Crippen LogP contribution in [0.3, 0.4) is 0 Å². The maximum Gasteiger partial charge on any atom is 0.220 e. The molecule has 0 amide bonds. The van der Waals surface area contributed by atoms with Crippen molar-refractivity contribution < 1.29 is 27.4 Å². The lowest BCUT2D eigenvalue weighted by atomic mass is 9.92. The van der Waals surface area contributed by atoms with Crippen molar-refractivity contribution in [3.63, 3.8) is 0 Å². The summed E-state index contributed by atoms with van der Waals surface area (Å²) < 4.78 is 13.7. The van der Waals surface area contributed by atoms with Crippen molar-refractivity contribution in [3.8, 4) is 67.5 Å². The number of aryl methyl sites for hydroxylation is 22. The first-order valence-electron chi connectivity index (χ1n) is 51.8. The van der Waals surface area contributed by atoms with Crippen molar-refractivity contribution in [2.45, 2.75) is 245 Å². The van der Waals surface area contributed by atoms with Crippen molar-refractivity contribution in [2.75, 3.05) is 0 Å². The predicted molar refractivity (Wildman–Crippen MR) is 607 cm³/mol. The van der Waals surface area contributed by atoms with Crippen LogP contribution in [0.25, 0.3) is 132 Å². The van der Waals surface area contributed by atoms with Crippen molar-refractivity contribution >= 4 is 64.6 Å². The average molecular weight is 1870 g/mol. The molecule has 0 saturated carbocycles. The minimum atomic E-state index is 0.550. The molecule has 0 unspecified atom stereocenters. The minimum absolute atomic E-state index is 0.550. The molecule has 18 rings (SSSR count). The Kier molecular flexibility index (Phi) is 33.6. The van der Waals surface area contributed by atoms with Crippen molar-refractivity contribution in [1.82, 2.24) is 0 Å². The van der Waals surface area contributed by atoms with Crippen molar-refractivity contribution in [2.24, 2.45) is 60.0 Å². The standard InChI is InChI=1S/C24H30N.2C23H28N.2C22H26N.C21H24N/c1-15(2)10-20-8-9-21-22(13-20)18(5)14-25(7)24(21)23-12-16(3)11-17(4)19(23)6;1-14(2)19-8-9-20-21(12-19)17(5)13-24(7)23(20)22-11-15(3)10-16(4)18(22)6;1-15(2)11-19-9-10-20-21(13-19)18(5)14-24(6)23(20)22-12-16(3)7-8-17(22)4;1-14(2)18-9-10-19-20(12-18)17(5)13-23(6)22(19)21-11-15(3)7-8-16(21)4;1-15(2)12-18-10-11-20-21(13-18)17(4)14-23(5)22(20)19-9-7-6-8-16(19)3;1-14(2)17-10-11-19-20(12-17)16(4)13-22(5)21(19)18-9-7-6-8-15(18)3/h8-9,11-15H,10H2,1-7H3;8-14H,1-7H3;7-10,12-15H,11H2,1-6H3;7-14H,1-6H3;6-11,13-15H,12H2,1-5H3;6-14H,1-5H3/q6*+1. The van der Waals surface area contributed by atoms with Crippen molar-refractivity contribution in [1.29, 1.82) is 0 Å². The molecule has 6 heteroatoms. The number of pyridine rings is 6. The number of fused-ring (bicyclic) bond motifs is 6. The summed E-state index contributed by atoms with van der Waals surface area (Å²) in [5, 5.41) is 16.3. The number of rotatable bonds is 15. The van der Waals surface area contributed by atoms with E-state index in [1.165, 1.54) is 266 Å². The topological polar surface area (TPSA) is 23.3 Å². The van der Waals surface area contributed by atoms with Crippen LogP contribution in [-0.4, -0.2) is 0 Å².